The van der Waals surface area contributed by atoms with Gasteiger partial charge in [-0.05, 0) is 17.1 Å². The summed E-state index contributed by atoms with van der Waals surface area (Å²) in [6.45, 7) is 2.70. The molecule has 0 aliphatic carbocycles. The van der Waals surface area contributed by atoms with Gasteiger partial charge in [0, 0.05) is 11.5 Å². The first-order valence-electron chi connectivity index (χ1n) is 4.70. The highest BCUT2D eigenvalue weighted by Gasteiger charge is 2.13. The smallest absolute Gasteiger partial charge is 0.163 e. The molecule has 0 aliphatic heterocycles. The van der Waals surface area contributed by atoms with Crippen molar-refractivity contribution in [3.05, 3.63) is 21.9 Å². The number of aromatic nitrogens is 4. The van der Waals surface area contributed by atoms with E-state index in [1.165, 1.54) is 6.33 Å². The van der Waals surface area contributed by atoms with E-state index >= 15 is 0 Å². The molecule has 2 heterocycles. The Morgan fingerprint density at radius 2 is 2.38 bits per heavy atom. The zero-order valence-corrected chi connectivity index (χ0v) is 9.26. The summed E-state index contributed by atoms with van der Waals surface area (Å²) in [4.78, 5) is 10.6. The highest BCUT2D eigenvalue weighted by molar-refractivity contribution is 6.34. The molecule has 0 unspecified atom stereocenters. The van der Waals surface area contributed by atoms with Gasteiger partial charge in [0.05, 0.1) is 5.39 Å². The molecule has 0 N–H and O–H groups in total. The minimum absolute atomic E-state index is 0.219. The molecule has 0 amide bonds. The van der Waals surface area contributed by atoms with Crippen molar-refractivity contribution < 1.29 is 0 Å². The monoisotopic (exact) mass is 237 g/mol. The zero-order chi connectivity index (χ0) is 11.5. The Kier molecular flexibility index (Phi) is 2.89. The average molecular weight is 238 g/mol. The van der Waals surface area contributed by atoms with Crippen LogP contribution >= 0.6 is 11.6 Å². The molecular formula is C8H8ClN7. The quantitative estimate of drug-likeness (QED) is 0.356. The third-order valence-electron chi connectivity index (χ3n) is 2.04. The van der Waals surface area contributed by atoms with Crippen LogP contribution in [0.4, 0.5) is 5.82 Å². The van der Waals surface area contributed by atoms with Gasteiger partial charge in [0.2, 0.25) is 0 Å². The summed E-state index contributed by atoms with van der Waals surface area (Å²) in [6, 6.07) is 0. The van der Waals surface area contributed by atoms with Crippen LogP contribution < -0.4 is 0 Å². The molecule has 0 aliphatic rings. The van der Waals surface area contributed by atoms with E-state index in [9.17, 15) is 0 Å². The first kappa shape index (κ1) is 10.7. The molecule has 8 heteroatoms. The molecule has 0 radical (unpaired) electrons. The van der Waals surface area contributed by atoms with Crippen molar-refractivity contribution in [2.24, 2.45) is 5.11 Å². The maximum Gasteiger partial charge on any atom is 0.163 e. The lowest BCUT2D eigenvalue weighted by Gasteiger charge is -1.98. The Labute approximate surface area is 95.7 Å². The topological polar surface area (TPSA) is 92.4 Å². The van der Waals surface area contributed by atoms with E-state index in [-0.39, 0.29) is 11.0 Å². The minimum atomic E-state index is 0.219. The van der Waals surface area contributed by atoms with Gasteiger partial charge in [-0.1, -0.05) is 18.5 Å². The van der Waals surface area contributed by atoms with Crippen LogP contribution in [0.2, 0.25) is 5.15 Å². The van der Waals surface area contributed by atoms with E-state index in [1.807, 2.05) is 6.92 Å². The third-order valence-corrected chi connectivity index (χ3v) is 2.33. The van der Waals surface area contributed by atoms with Gasteiger partial charge in [0.1, 0.15) is 11.5 Å². The van der Waals surface area contributed by atoms with E-state index in [0.29, 0.717) is 17.6 Å². The Balaban J connectivity index is 2.76. The summed E-state index contributed by atoms with van der Waals surface area (Å²) in [5.74, 6) is 0.219. The Hall–Kier alpha value is -1.85. The number of nitrogens with zero attached hydrogens (tertiary/aromatic N) is 7. The number of hydrogen-bond acceptors (Lipinski definition) is 4. The van der Waals surface area contributed by atoms with Crippen LogP contribution in [-0.4, -0.2) is 19.7 Å². The molecule has 82 valence electrons. The van der Waals surface area contributed by atoms with Crippen LogP contribution in [-0.2, 0) is 6.54 Å². The molecule has 0 fully saturated rings. The van der Waals surface area contributed by atoms with Gasteiger partial charge >= 0.3 is 0 Å². The van der Waals surface area contributed by atoms with E-state index in [2.05, 4.69) is 25.1 Å². The molecule has 0 aromatic carbocycles. The molecule has 0 saturated heterocycles. The molecule has 0 bridgehead atoms. The average Bonchev–Trinajstić information content (AvgIpc) is 2.60. The fraction of sp³-hybridized carbons (Fsp3) is 0.375. The van der Waals surface area contributed by atoms with Crippen molar-refractivity contribution in [2.45, 2.75) is 19.9 Å². The predicted octanol–water partition coefficient (Wildman–Crippen LogP) is 2.83. The Morgan fingerprint density at radius 3 is 3.06 bits per heavy atom. The largest absolute Gasteiger partial charge is 0.247 e. The molecule has 0 atom stereocenters. The van der Waals surface area contributed by atoms with Crippen molar-refractivity contribution in [2.75, 3.05) is 0 Å². The van der Waals surface area contributed by atoms with Gasteiger partial charge in [0.15, 0.2) is 11.5 Å². The summed E-state index contributed by atoms with van der Waals surface area (Å²) in [5, 5.41) is 8.36. The summed E-state index contributed by atoms with van der Waals surface area (Å²) >= 11 is 5.92. The maximum atomic E-state index is 8.43. The van der Waals surface area contributed by atoms with Crippen LogP contribution in [0.1, 0.15) is 13.3 Å². The predicted molar refractivity (Wildman–Crippen MR) is 59.4 cm³/mol. The van der Waals surface area contributed by atoms with Crippen molar-refractivity contribution in [3.63, 3.8) is 0 Å². The second-order valence-electron chi connectivity index (χ2n) is 3.10. The summed E-state index contributed by atoms with van der Waals surface area (Å²) in [7, 11) is 0. The van der Waals surface area contributed by atoms with Gasteiger partial charge in [-0.15, -0.1) is 0 Å². The van der Waals surface area contributed by atoms with E-state index in [0.717, 1.165) is 6.42 Å². The number of rotatable bonds is 3. The fourth-order valence-corrected chi connectivity index (χ4v) is 1.65. The lowest BCUT2D eigenvalue weighted by atomic mass is 10.4. The number of azide groups is 1. The summed E-state index contributed by atoms with van der Waals surface area (Å²) < 4.78 is 1.66. The van der Waals surface area contributed by atoms with Crippen LogP contribution in [0.15, 0.2) is 11.4 Å². The first-order valence-corrected chi connectivity index (χ1v) is 5.07. The number of aryl methyl sites for hydroxylation is 1. The minimum Gasteiger partial charge on any atom is -0.247 e. The van der Waals surface area contributed by atoms with Crippen LogP contribution in [0.5, 0.6) is 0 Å². The maximum absolute atomic E-state index is 8.43. The van der Waals surface area contributed by atoms with E-state index < -0.39 is 0 Å². The van der Waals surface area contributed by atoms with Gasteiger partial charge in [0.25, 0.3) is 0 Å². The molecule has 16 heavy (non-hydrogen) atoms. The second kappa shape index (κ2) is 4.34. The van der Waals surface area contributed by atoms with Gasteiger partial charge in [-0.2, -0.15) is 5.10 Å². The van der Waals surface area contributed by atoms with Crippen molar-refractivity contribution in [3.8, 4) is 0 Å². The lowest BCUT2D eigenvalue weighted by molar-refractivity contribution is 0.618. The van der Waals surface area contributed by atoms with Crippen molar-refractivity contribution in [1.82, 2.24) is 19.7 Å². The number of fused-ring (bicyclic) bond motifs is 1. The lowest BCUT2D eigenvalue weighted by Crippen LogP contribution is -1.99. The Morgan fingerprint density at radius 1 is 1.56 bits per heavy atom. The van der Waals surface area contributed by atoms with E-state index in [1.54, 1.807) is 4.68 Å². The first-order chi connectivity index (χ1) is 7.77. The molecule has 2 aromatic heterocycles. The van der Waals surface area contributed by atoms with Gasteiger partial charge < -0.3 is 0 Å². The zero-order valence-electron chi connectivity index (χ0n) is 8.50. The molecule has 7 nitrogen and oxygen atoms in total. The van der Waals surface area contributed by atoms with Crippen molar-refractivity contribution >= 4 is 28.5 Å². The summed E-state index contributed by atoms with van der Waals surface area (Å²) in [6.07, 6.45) is 2.26. The van der Waals surface area contributed by atoms with Crippen LogP contribution in [0, 0.1) is 0 Å². The van der Waals surface area contributed by atoms with Crippen molar-refractivity contribution in [1.29, 1.82) is 0 Å². The third kappa shape index (κ3) is 1.66. The number of hydrogen-bond donors (Lipinski definition) is 0. The van der Waals surface area contributed by atoms with Gasteiger partial charge in [-0.3, -0.25) is 0 Å². The van der Waals surface area contributed by atoms with Crippen LogP contribution in [0.3, 0.4) is 0 Å². The van der Waals surface area contributed by atoms with Crippen LogP contribution in [0.25, 0.3) is 21.5 Å². The Bertz CT molecular complexity index is 569. The SMILES string of the molecule is CCCn1nc(N=[N+]=[N-])c2c(Cl)ncnc21. The molecular weight excluding hydrogens is 230 g/mol. The highest BCUT2D eigenvalue weighted by Crippen LogP contribution is 2.29. The van der Waals surface area contributed by atoms with Gasteiger partial charge in [-0.25, -0.2) is 14.6 Å². The normalized spacial score (nSPS) is 10.4. The second-order valence-corrected chi connectivity index (χ2v) is 3.46. The number of halogens is 1. The highest BCUT2D eigenvalue weighted by atomic mass is 35.5. The molecule has 0 saturated carbocycles. The fourth-order valence-electron chi connectivity index (χ4n) is 1.44. The van der Waals surface area contributed by atoms with E-state index in [4.69, 9.17) is 17.1 Å². The molecule has 0 spiro atoms. The summed E-state index contributed by atoms with van der Waals surface area (Å²) in [5.41, 5.74) is 9.02. The standard InChI is InChI=1S/C8H8ClN7/c1-2-3-16-8-5(6(9)11-4-12-8)7(14-16)13-15-10/h4H,2-3H2,1H3. The molecule has 2 rings (SSSR count). The molecule has 2 aromatic rings.